The van der Waals surface area contributed by atoms with Gasteiger partial charge in [0.2, 0.25) is 0 Å². The largest absolute Gasteiger partial charge is 0.390 e. The van der Waals surface area contributed by atoms with Crippen LogP contribution in [0.1, 0.15) is 33.1 Å². The molecule has 0 amide bonds. The number of aliphatic hydroxyl groups excluding tert-OH is 1. The van der Waals surface area contributed by atoms with Gasteiger partial charge in [0.05, 0.1) is 18.0 Å². The van der Waals surface area contributed by atoms with Crippen molar-refractivity contribution in [3.63, 3.8) is 0 Å². The summed E-state index contributed by atoms with van der Waals surface area (Å²) >= 11 is 0. The molecule has 1 aliphatic heterocycles. The van der Waals surface area contributed by atoms with Gasteiger partial charge in [0, 0.05) is 18.7 Å². The Morgan fingerprint density at radius 2 is 2.24 bits per heavy atom. The van der Waals surface area contributed by atoms with E-state index in [9.17, 15) is 5.11 Å². The first-order chi connectivity index (χ1) is 10.2. The van der Waals surface area contributed by atoms with Crippen molar-refractivity contribution in [1.29, 1.82) is 0 Å². The first kappa shape index (κ1) is 15.6. The Kier molecular flexibility index (Phi) is 5.45. The average Bonchev–Trinajstić information content (AvgIpc) is 2.81. The summed E-state index contributed by atoms with van der Waals surface area (Å²) in [5.74, 6) is 0.433. The van der Waals surface area contributed by atoms with Crippen molar-refractivity contribution in [2.45, 2.75) is 33.1 Å². The van der Waals surface area contributed by atoms with Crippen LogP contribution in [0.4, 0.5) is 0 Å². The molecule has 1 heterocycles. The molecule has 2 rings (SSSR count). The van der Waals surface area contributed by atoms with Gasteiger partial charge < -0.3 is 5.11 Å². The highest BCUT2D eigenvalue weighted by Gasteiger charge is 2.19. The van der Waals surface area contributed by atoms with E-state index in [4.69, 9.17) is 0 Å². The lowest BCUT2D eigenvalue weighted by Crippen LogP contribution is -2.10. The van der Waals surface area contributed by atoms with Crippen LogP contribution in [-0.4, -0.2) is 30.2 Å². The van der Waals surface area contributed by atoms with Crippen LogP contribution in [0.5, 0.6) is 0 Å². The van der Waals surface area contributed by atoms with Crippen molar-refractivity contribution in [1.82, 2.24) is 0 Å². The number of allylic oxidation sites excluding steroid dienone is 7. The number of nitrogens with zero attached hydrogens (tertiary/aromatic N) is 2. The Morgan fingerprint density at radius 1 is 1.43 bits per heavy atom. The Bertz CT molecular complexity index is 574. The molecule has 0 saturated carbocycles. The lowest BCUT2D eigenvalue weighted by atomic mass is 9.94. The summed E-state index contributed by atoms with van der Waals surface area (Å²) in [6.07, 6.45) is 13.6. The summed E-state index contributed by atoms with van der Waals surface area (Å²) in [5.41, 5.74) is 5.26. The van der Waals surface area contributed by atoms with Gasteiger partial charge in [0.15, 0.2) is 0 Å². The van der Waals surface area contributed by atoms with Gasteiger partial charge in [0.1, 0.15) is 0 Å². The molecule has 0 saturated heterocycles. The van der Waals surface area contributed by atoms with Crippen LogP contribution in [0.15, 0.2) is 57.2 Å². The third kappa shape index (κ3) is 3.67. The number of hydrogen-bond acceptors (Lipinski definition) is 3. The van der Waals surface area contributed by atoms with Gasteiger partial charge in [-0.2, -0.15) is 0 Å². The Morgan fingerprint density at radius 3 is 2.90 bits per heavy atom. The van der Waals surface area contributed by atoms with Crippen LogP contribution in [0.2, 0.25) is 0 Å². The average molecular weight is 284 g/mol. The van der Waals surface area contributed by atoms with E-state index in [1.165, 1.54) is 11.1 Å². The Labute approximate surface area is 127 Å². The molecule has 3 heteroatoms. The van der Waals surface area contributed by atoms with Crippen LogP contribution in [0.25, 0.3) is 0 Å². The maximum absolute atomic E-state index is 9.32. The molecule has 0 aromatic heterocycles. The number of fused-ring (bicyclic) bond motifs is 1. The van der Waals surface area contributed by atoms with Crippen molar-refractivity contribution in [3.8, 4) is 0 Å². The van der Waals surface area contributed by atoms with Crippen molar-refractivity contribution >= 4 is 11.4 Å². The second kappa shape index (κ2) is 7.32. The minimum Gasteiger partial charge on any atom is -0.390 e. The fourth-order valence-corrected chi connectivity index (χ4v) is 2.77. The van der Waals surface area contributed by atoms with Gasteiger partial charge >= 0.3 is 0 Å². The fraction of sp³-hybridized carbons (Fsp3) is 0.444. The molecule has 1 aliphatic carbocycles. The summed E-state index contributed by atoms with van der Waals surface area (Å²) in [6, 6.07) is 0. The SMILES string of the molecule is C/C=C(C)/C(=N\C)C1=CCC2CCC=C(CO)N=C2C=C1. The second-order valence-electron chi connectivity index (χ2n) is 5.44. The predicted molar refractivity (Wildman–Crippen MR) is 90.0 cm³/mol. The second-order valence-corrected chi connectivity index (χ2v) is 5.44. The van der Waals surface area contributed by atoms with E-state index in [2.05, 4.69) is 41.2 Å². The van der Waals surface area contributed by atoms with Crippen LogP contribution in [0.3, 0.4) is 0 Å². The summed E-state index contributed by atoms with van der Waals surface area (Å²) in [5, 5.41) is 9.32. The normalized spacial score (nSPS) is 23.6. The molecule has 0 aromatic carbocycles. The maximum atomic E-state index is 9.32. The van der Waals surface area contributed by atoms with Gasteiger partial charge in [-0.1, -0.05) is 24.3 Å². The molecule has 3 nitrogen and oxygen atoms in total. The molecule has 0 aromatic rings. The third-order valence-corrected chi connectivity index (χ3v) is 4.11. The molecule has 0 spiro atoms. The van der Waals surface area contributed by atoms with Crippen LogP contribution in [0, 0.1) is 5.92 Å². The quantitative estimate of drug-likeness (QED) is 0.790. The minimum atomic E-state index is 0.0176. The van der Waals surface area contributed by atoms with Gasteiger partial charge in [-0.15, -0.1) is 0 Å². The highest BCUT2D eigenvalue weighted by Crippen LogP contribution is 2.25. The van der Waals surface area contributed by atoms with Crippen LogP contribution < -0.4 is 0 Å². The molecule has 2 aliphatic rings. The van der Waals surface area contributed by atoms with E-state index >= 15 is 0 Å². The molecule has 112 valence electrons. The van der Waals surface area contributed by atoms with E-state index in [1.807, 2.05) is 20.0 Å². The molecule has 1 atom stereocenters. The Balaban J connectivity index is 2.32. The minimum absolute atomic E-state index is 0.0176. The zero-order chi connectivity index (χ0) is 15.2. The molecular weight excluding hydrogens is 260 g/mol. The van der Waals surface area contributed by atoms with Crippen molar-refractivity contribution in [3.05, 3.63) is 47.2 Å². The smallest absolute Gasteiger partial charge is 0.0849 e. The van der Waals surface area contributed by atoms with Crippen molar-refractivity contribution < 1.29 is 5.11 Å². The maximum Gasteiger partial charge on any atom is 0.0849 e. The van der Waals surface area contributed by atoms with E-state index in [0.717, 1.165) is 36.4 Å². The monoisotopic (exact) mass is 284 g/mol. The van der Waals surface area contributed by atoms with Crippen molar-refractivity contribution in [2.24, 2.45) is 15.9 Å². The fourth-order valence-electron chi connectivity index (χ4n) is 2.77. The lowest BCUT2D eigenvalue weighted by molar-refractivity contribution is 0.329. The molecule has 1 unspecified atom stereocenters. The third-order valence-electron chi connectivity index (χ3n) is 4.11. The number of aliphatic hydroxyl groups is 1. The molecule has 0 radical (unpaired) electrons. The molecule has 0 fully saturated rings. The number of aliphatic imine (C=N–C) groups is 2. The summed E-state index contributed by atoms with van der Waals surface area (Å²) in [4.78, 5) is 9.04. The predicted octanol–water partition coefficient (Wildman–Crippen LogP) is 3.64. The first-order valence-corrected chi connectivity index (χ1v) is 7.56. The number of rotatable bonds is 3. The van der Waals surface area contributed by atoms with Gasteiger partial charge in [-0.25, -0.2) is 0 Å². The molecule has 1 N–H and O–H groups in total. The summed E-state index contributed by atoms with van der Waals surface area (Å²) in [6.45, 7) is 4.14. The number of hydrogen-bond donors (Lipinski definition) is 1. The topological polar surface area (TPSA) is 45.0 Å². The van der Waals surface area contributed by atoms with Crippen molar-refractivity contribution in [2.75, 3.05) is 13.7 Å². The van der Waals surface area contributed by atoms with Gasteiger partial charge in [0.25, 0.3) is 0 Å². The van der Waals surface area contributed by atoms with Crippen LogP contribution >= 0.6 is 0 Å². The molecule has 21 heavy (non-hydrogen) atoms. The lowest BCUT2D eigenvalue weighted by Gasteiger charge is -2.11. The molecular formula is C18H24N2O. The standard InChI is InChI=1S/C18H24N2O/c1-4-13(2)18(19-3)15-9-8-14-6-5-7-16(12-21)20-17(14)11-10-15/h4,7,9-11,14,21H,5-6,8,12H2,1-3H3/b13-4+,19-18+. The Hall–Kier alpha value is -1.74. The zero-order valence-electron chi connectivity index (χ0n) is 13.1. The zero-order valence-corrected chi connectivity index (χ0v) is 13.1. The highest BCUT2D eigenvalue weighted by molar-refractivity contribution is 6.15. The highest BCUT2D eigenvalue weighted by atomic mass is 16.3. The van der Waals surface area contributed by atoms with E-state index in [1.54, 1.807) is 0 Å². The van der Waals surface area contributed by atoms with E-state index in [-0.39, 0.29) is 6.61 Å². The van der Waals surface area contributed by atoms with E-state index < -0.39 is 0 Å². The molecule has 0 bridgehead atoms. The summed E-state index contributed by atoms with van der Waals surface area (Å²) < 4.78 is 0. The van der Waals surface area contributed by atoms with Gasteiger partial charge in [-0.3, -0.25) is 9.98 Å². The first-order valence-electron chi connectivity index (χ1n) is 7.56. The van der Waals surface area contributed by atoms with Gasteiger partial charge in [-0.05, 0) is 50.3 Å². The van der Waals surface area contributed by atoms with E-state index in [0.29, 0.717) is 5.92 Å². The summed E-state index contributed by atoms with van der Waals surface area (Å²) in [7, 11) is 1.84. The van der Waals surface area contributed by atoms with Crippen LogP contribution in [-0.2, 0) is 0 Å².